The van der Waals surface area contributed by atoms with Crippen molar-refractivity contribution in [3.05, 3.63) is 0 Å². The fourth-order valence-corrected chi connectivity index (χ4v) is 3.28. The number of amides is 1. The van der Waals surface area contributed by atoms with Crippen LogP contribution in [0.5, 0.6) is 0 Å². The predicted octanol–water partition coefficient (Wildman–Crippen LogP) is 2.37. The molecule has 2 aliphatic heterocycles. The SMILES string of the molecule is CC1CCN(CC(=O)N2CCC(C)CC2C)CC1. The second-order valence-electron chi connectivity index (χ2n) is 6.52. The van der Waals surface area contributed by atoms with Crippen LogP contribution in [0.1, 0.15) is 46.5 Å². The van der Waals surface area contributed by atoms with Crippen LogP contribution in [0.15, 0.2) is 0 Å². The van der Waals surface area contributed by atoms with Gasteiger partial charge in [-0.1, -0.05) is 13.8 Å². The first-order valence-electron chi connectivity index (χ1n) is 7.58. The molecule has 2 saturated heterocycles. The van der Waals surface area contributed by atoms with E-state index < -0.39 is 0 Å². The van der Waals surface area contributed by atoms with Gasteiger partial charge in [-0.15, -0.1) is 0 Å². The first-order valence-corrected chi connectivity index (χ1v) is 7.58. The van der Waals surface area contributed by atoms with E-state index in [9.17, 15) is 4.79 Å². The summed E-state index contributed by atoms with van der Waals surface area (Å²) in [6, 6.07) is 0.435. The standard InChI is InChI=1S/C15H28N2O/c1-12-4-7-16(8-5-12)11-15(18)17-9-6-13(2)10-14(17)3/h12-14H,4-11H2,1-3H3. The van der Waals surface area contributed by atoms with Crippen LogP contribution in [0.2, 0.25) is 0 Å². The number of piperidine rings is 2. The summed E-state index contributed by atoms with van der Waals surface area (Å²) < 4.78 is 0. The Bertz CT molecular complexity index is 284. The monoisotopic (exact) mass is 252 g/mol. The van der Waals surface area contributed by atoms with Gasteiger partial charge in [-0.05, 0) is 57.5 Å². The summed E-state index contributed by atoms with van der Waals surface area (Å²) in [5, 5.41) is 0. The molecule has 0 N–H and O–H groups in total. The molecule has 2 aliphatic rings. The van der Waals surface area contributed by atoms with Crippen LogP contribution in [0.3, 0.4) is 0 Å². The van der Waals surface area contributed by atoms with E-state index in [-0.39, 0.29) is 0 Å². The van der Waals surface area contributed by atoms with Gasteiger partial charge < -0.3 is 4.90 Å². The minimum absolute atomic E-state index is 0.351. The summed E-state index contributed by atoms with van der Waals surface area (Å²) in [4.78, 5) is 16.8. The zero-order valence-corrected chi connectivity index (χ0v) is 12.2. The van der Waals surface area contributed by atoms with Crippen LogP contribution in [-0.2, 0) is 4.79 Å². The van der Waals surface area contributed by atoms with Crippen LogP contribution < -0.4 is 0 Å². The molecule has 0 saturated carbocycles. The molecule has 3 nitrogen and oxygen atoms in total. The van der Waals surface area contributed by atoms with Gasteiger partial charge in [0.1, 0.15) is 0 Å². The highest BCUT2D eigenvalue weighted by atomic mass is 16.2. The van der Waals surface area contributed by atoms with E-state index in [1.807, 2.05) is 0 Å². The molecule has 0 aromatic rings. The Morgan fingerprint density at radius 1 is 1.00 bits per heavy atom. The summed E-state index contributed by atoms with van der Waals surface area (Å²) in [5.41, 5.74) is 0. The van der Waals surface area contributed by atoms with Crippen molar-refractivity contribution in [2.45, 2.75) is 52.5 Å². The Labute approximate surface area is 112 Å². The van der Waals surface area contributed by atoms with Gasteiger partial charge in [0.2, 0.25) is 5.91 Å². The average Bonchev–Trinajstić information content (AvgIpc) is 2.32. The maximum absolute atomic E-state index is 12.3. The molecular weight excluding hydrogens is 224 g/mol. The molecule has 3 heteroatoms. The Morgan fingerprint density at radius 3 is 2.22 bits per heavy atom. The van der Waals surface area contributed by atoms with Gasteiger partial charge in [-0.2, -0.15) is 0 Å². The van der Waals surface area contributed by atoms with Gasteiger partial charge in [0.25, 0.3) is 0 Å². The highest BCUT2D eigenvalue weighted by molar-refractivity contribution is 5.78. The van der Waals surface area contributed by atoms with Gasteiger partial charge in [0, 0.05) is 12.6 Å². The molecule has 2 unspecified atom stereocenters. The minimum Gasteiger partial charge on any atom is -0.339 e. The van der Waals surface area contributed by atoms with Crippen molar-refractivity contribution >= 4 is 5.91 Å². The molecule has 0 aliphatic carbocycles. The van der Waals surface area contributed by atoms with Gasteiger partial charge in [-0.3, -0.25) is 9.69 Å². The Hall–Kier alpha value is -0.570. The highest BCUT2D eigenvalue weighted by Gasteiger charge is 2.28. The topological polar surface area (TPSA) is 23.6 Å². The fraction of sp³-hybridized carbons (Fsp3) is 0.933. The number of hydrogen-bond donors (Lipinski definition) is 0. The normalized spacial score (nSPS) is 31.6. The van der Waals surface area contributed by atoms with E-state index in [2.05, 4.69) is 30.6 Å². The van der Waals surface area contributed by atoms with E-state index in [0.29, 0.717) is 18.5 Å². The fourth-order valence-electron chi connectivity index (χ4n) is 3.28. The van der Waals surface area contributed by atoms with Crippen molar-refractivity contribution < 1.29 is 4.79 Å². The molecule has 0 aromatic heterocycles. The van der Waals surface area contributed by atoms with Crippen molar-refractivity contribution in [1.82, 2.24) is 9.80 Å². The molecule has 18 heavy (non-hydrogen) atoms. The van der Waals surface area contributed by atoms with Crippen LogP contribution in [0, 0.1) is 11.8 Å². The molecule has 1 amide bonds. The second-order valence-corrected chi connectivity index (χ2v) is 6.52. The van der Waals surface area contributed by atoms with E-state index in [0.717, 1.165) is 31.5 Å². The number of hydrogen-bond acceptors (Lipinski definition) is 2. The van der Waals surface area contributed by atoms with Crippen molar-refractivity contribution in [3.8, 4) is 0 Å². The predicted molar refractivity (Wildman–Crippen MR) is 74.4 cm³/mol. The largest absolute Gasteiger partial charge is 0.339 e. The molecule has 2 heterocycles. The zero-order valence-electron chi connectivity index (χ0n) is 12.2. The summed E-state index contributed by atoms with van der Waals surface area (Å²) in [7, 11) is 0. The quantitative estimate of drug-likeness (QED) is 0.753. The number of carbonyl (C=O) groups is 1. The summed E-state index contributed by atoms with van der Waals surface area (Å²) >= 11 is 0. The van der Waals surface area contributed by atoms with Crippen LogP contribution in [0.25, 0.3) is 0 Å². The van der Waals surface area contributed by atoms with Crippen LogP contribution in [-0.4, -0.2) is 47.9 Å². The molecule has 104 valence electrons. The molecule has 0 aromatic carbocycles. The first-order chi connectivity index (χ1) is 8.56. The van der Waals surface area contributed by atoms with E-state index in [1.165, 1.54) is 25.7 Å². The molecule has 0 spiro atoms. The van der Waals surface area contributed by atoms with E-state index in [1.54, 1.807) is 0 Å². The Balaban J connectivity index is 1.80. The summed E-state index contributed by atoms with van der Waals surface area (Å²) in [6.45, 7) is 10.6. The Morgan fingerprint density at radius 2 is 1.61 bits per heavy atom. The lowest BCUT2D eigenvalue weighted by Gasteiger charge is -2.38. The molecule has 2 atom stereocenters. The van der Waals surface area contributed by atoms with Gasteiger partial charge in [0.15, 0.2) is 0 Å². The number of likely N-dealkylation sites (tertiary alicyclic amines) is 2. The number of rotatable bonds is 2. The molecule has 2 rings (SSSR count). The average molecular weight is 252 g/mol. The third-order valence-electron chi connectivity index (χ3n) is 4.69. The third-order valence-corrected chi connectivity index (χ3v) is 4.69. The lowest BCUT2D eigenvalue weighted by molar-refractivity contribution is -0.136. The van der Waals surface area contributed by atoms with Crippen molar-refractivity contribution in [3.63, 3.8) is 0 Å². The van der Waals surface area contributed by atoms with Crippen LogP contribution >= 0.6 is 0 Å². The van der Waals surface area contributed by atoms with Crippen LogP contribution in [0.4, 0.5) is 0 Å². The highest BCUT2D eigenvalue weighted by Crippen LogP contribution is 2.23. The molecular formula is C15H28N2O. The summed E-state index contributed by atoms with van der Waals surface area (Å²) in [5.74, 6) is 1.97. The minimum atomic E-state index is 0.351. The van der Waals surface area contributed by atoms with E-state index >= 15 is 0 Å². The van der Waals surface area contributed by atoms with Crippen molar-refractivity contribution in [2.24, 2.45) is 11.8 Å². The van der Waals surface area contributed by atoms with Gasteiger partial charge in [-0.25, -0.2) is 0 Å². The molecule has 0 radical (unpaired) electrons. The van der Waals surface area contributed by atoms with Crippen molar-refractivity contribution in [1.29, 1.82) is 0 Å². The lowest BCUT2D eigenvalue weighted by atomic mass is 9.93. The summed E-state index contributed by atoms with van der Waals surface area (Å²) in [6.07, 6.45) is 4.84. The van der Waals surface area contributed by atoms with Gasteiger partial charge >= 0.3 is 0 Å². The van der Waals surface area contributed by atoms with Crippen molar-refractivity contribution in [2.75, 3.05) is 26.2 Å². The second kappa shape index (κ2) is 6.05. The first kappa shape index (κ1) is 13.9. The number of carbonyl (C=O) groups excluding carboxylic acids is 1. The third kappa shape index (κ3) is 3.47. The van der Waals surface area contributed by atoms with E-state index in [4.69, 9.17) is 0 Å². The maximum Gasteiger partial charge on any atom is 0.236 e. The van der Waals surface area contributed by atoms with Gasteiger partial charge in [0.05, 0.1) is 6.54 Å². The lowest BCUT2D eigenvalue weighted by Crippen LogP contribution is -2.49. The smallest absolute Gasteiger partial charge is 0.236 e. The zero-order chi connectivity index (χ0) is 13.1. The Kier molecular flexibility index (Phi) is 4.66. The maximum atomic E-state index is 12.3. The number of nitrogens with zero attached hydrogens (tertiary/aromatic N) is 2. The molecule has 2 fully saturated rings. The molecule has 0 bridgehead atoms.